The first-order chi connectivity index (χ1) is 13.8. The number of imide groups is 1. The number of amides is 2. The zero-order valence-corrected chi connectivity index (χ0v) is 17.0. The lowest BCUT2D eigenvalue weighted by atomic mass is 10.0. The normalized spacial score (nSPS) is 14.4. The molecule has 0 radical (unpaired) electrons. The second kappa shape index (κ2) is 8.47. The molecular weight excluding hydrogens is 371 g/mol. The number of nitrogens with zero attached hydrogens (tertiary/aromatic N) is 1. The van der Waals surface area contributed by atoms with Gasteiger partial charge in [0.05, 0.1) is 12.2 Å². The van der Waals surface area contributed by atoms with E-state index >= 15 is 0 Å². The summed E-state index contributed by atoms with van der Waals surface area (Å²) in [5, 5.41) is 3.01. The minimum Gasteiger partial charge on any atom is -0.493 e. The zero-order chi connectivity index (χ0) is 21.1. The Morgan fingerprint density at radius 3 is 2.10 bits per heavy atom. The summed E-state index contributed by atoms with van der Waals surface area (Å²) in [6, 6.07) is 12.5. The highest BCUT2D eigenvalue weighted by atomic mass is 19.1. The lowest BCUT2D eigenvalue weighted by Crippen LogP contribution is -2.38. The molecule has 1 heterocycles. The fraction of sp³-hybridized carbons (Fsp3) is 0.304. The first-order valence-corrected chi connectivity index (χ1v) is 9.66. The van der Waals surface area contributed by atoms with Crippen LogP contribution in [0.15, 0.2) is 54.2 Å². The smallest absolute Gasteiger partial charge is 0.278 e. The first kappa shape index (κ1) is 20.6. The molecule has 0 bridgehead atoms. The van der Waals surface area contributed by atoms with E-state index in [1.807, 2.05) is 0 Å². The van der Waals surface area contributed by atoms with Crippen molar-refractivity contribution in [3.63, 3.8) is 0 Å². The summed E-state index contributed by atoms with van der Waals surface area (Å²) in [7, 11) is 0. The molecule has 0 saturated heterocycles. The van der Waals surface area contributed by atoms with Crippen molar-refractivity contribution in [2.24, 2.45) is 5.92 Å². The zero-order valence-electron chi connectivity index (χ0n) is 17.0. The van der Waals surface area contributed by atoms with Gasteiger partial charge in [-0.3, -0.25) is 14.5 Å². The molecule has 1 N–H and O–H groups in total. The van der Waals surface area contributed by atoms with Gasteiger partial charge in [0.2, 0.25) is 0 Å². The number of anilines is 1. The molecule has 3 rings (SSSR count). The molecule has 2 amide bonds. The Hall–Kier alpha value is -3.15. The molecule has 29 heavy (non-hydrogen) atoms. The predicted molar refractivity (Wildman–Crippen MR) is 111 cm³/mol. The summed E-state index contributed by atoms with van der Waals surface area (Å²) < 4.78 is 18.9. The molecule has 152 valence electrons. The molecule has 2 aromatic rings. The second-order valence-electron chi connectivity index (χ2n) is 7.69. The number of nitrogens with one attached hydrogen (secondary N) is 1. The molecule has 0 saturated carbocycles. The van der Waals surface area contributed by atoms with Crippen molar-refractivity contribution in [2.75, 3.05) is 11.9 Å². The van der Waals surface area contributed by atoms with Crippen LogP contribution in [0.3, 0.4) is 0 Å². The summed E-state index contributed by atoms with van der Waals surface area (Å²) in [4.78, 5) is 27.2. The molecular formula is C23H25FN2O3. The quantitative estimate of drug-likeness (QED) is 0.702. The third-order valence-electron chi connectivity index (χ3n) is 4.47. The van der Waals surface area contributed by atoms with Crippen molar-refractivity contribution >= 4 is 23.1 Å². The first-order valence-electron chi connectivity index (χ1n) is 9.66. The van der Waals surface area contributed by atoms with Crippen LogP contribution in [0.2, 0.25) is 0 Å². The van der Waals surface area contributed by atoms with Crippen molar-refractivity contribution in [3.05, 3.63) is 65.6 Å². The van der Waals surface area contributed by atoms with Crippen molar-refractivity contribution < 1.29 is 18.7 Å². The molecule has 6 heteroatoms. The van der Waals surface area contributed by atoms with E-state index in [0.29, 0.717) is 35.1 Å². The summed E-state index contributed by atoms with van der Waals surface area (Å²) in [6.07, 6.45) is 0. The van der Waals surface area contributed by atoms with E-state index in [2.05, 4.69) is 19.2 Å². The Labute approximate surface area is 170 Å². The lowest BCUT2D eigenvalue weighted by molar-refractivity contribution is -0.138. The molecule has 0 atom stereocenters. The van der Waals surface area contributed by atoms with Gasteiger partial charge < -0.3 is 10.1 Å². The van der Waals surface area contributed by atoms with Crippen LogP contribution in [-0.4, -0.2) is 29.4 Å². The van der Waals surface area contributed by atoms with Crippen LogP contribution in [0.25, 0.3) is 5.57 Å². The summed E-state index contributed by atoms with van der Waals surface area (Å²) >= 11 is 0. The van der Waals surface area contributed by atoms with Gasteiger partial charge in [-0.1, -0.05) is 26.0 Å². The maximum atomic E-state index is 13.2. The maximum Gasteiger partial charge on any atom is 0.278 e. The van der Waals surface area contributed by atoms with Crippen LogP contribution >= 0.6 is 0 Å². The molecule has 0 unspecified atom stereocenters. The predicted octanol–water partition coefficient (Wildman–Crippen LogP) is 4.46. The molecule has 0 aromatic heterocycles. The highest BCUT2D eigenvalue weighted by Crippen LogP contribution is 2.32. The summed E-state index contributed by atoms with van der Waals surface area (Å²) in [5.41, 5.74) is 1.63. The monoisotopic (exact) mass is 396 g/mol. The Bertz CT molecular complexity index is 932. The van der Waals surface area contributed by atoms with Gasteiger partial charge in [-0.25, -0.2) is 4.39 Å². The molecule has 0 spiro atoms. The van der Waals surface area contributed by atoms with E-state index in [-0.39, 0.29) is 23.5 Å². The van der Waals surface area contributed by atoms with Crippen LogP contribution in [0, 0.1) is 11.7 Å². The van der Waals surface area contributed by atoms with Crippen molar-refractivity contribution in [2.45, 2.75) is 33.7 Å². The van der Waals surface area contributed by atoms with Crippen molar-refractivity contribution in [1.82, 2.24) is 4.90 Å². The number of carbonyl (C=O) groups is 2. The van der Waals surface area contributed by atoms with Gasteiger partial charge in [0.25, 0.3) is 11.8 Å². The van der Waals surface area contributed by atoms with Gasteiger partial charge in [-0.05, 0) is 61.7 Å². The number of benzene rings is 2. The fourth-order valence-electron chi connectivity index (χ4n) is 3.06. The number of halogens is 1. The van der Waals surface area contributed by atoms with Gasteiger partial charge in [0.1, 0.15) is 17.3 Å². The second-order valence-corrected chi connectivity index (χ2v) is 7.69. The number of hydrogen-bond acceptors (Lipinski definition) is 4. The van der Waals surface area contributed by atoms with Crippen LogP contribution in [-0.2, 0) is 9.59 Å². The largest absolute Gasteiger partial charge is 0.493 e. The van der Waals surface area contributed by atoms with Gasteiger partial charge in [-0.15, -0.1) is 0 Å². The average Bonchev–Trinajstić information content (AvgIpc) is 2.92. The van der Waals surface area contributed by atoms with E-state index in [9.17, 15) is 14.0 Å². The minimum atomic E-state index is -0.399. The van der Waals surface area contributed by atoms with Crippen molar-refractivity contribution in [3.8, 4) is 5.75 Å². The van der Waals surface area contributed by atoms with Crippen molar-refractivity contribution in [1.29, 1.82) is 0 Å². The van der Waals surface area contributed by atoms with Crippen LogP contribution in [0.4, 0.5) is 10.1 Å². The lowest BCUT2D eigenvalue weighted by Gasteiger charge is -2.19. The average molecular weight is 396 g/mol. The number of ether oxygens (including phenoxy) is 1. The summed E-state index contributed by atoms with van der Waals surface area (Å²) in [5.74, 6) is -0.0274. The highest BCUT2D eigenvalue weighted by molar-refractivity contribution is 6.36. The molecule has 0 aliphatic carbocycles. The SMILES string of the molecule is CC(C)COc1ccc(C2=C(Nc3ccc(F)cc3)C(=O)N(C(C)C)C2=O)cc1. The molecule has 2 aromatic carbocycles. The van der Waals surface area contributed by atoms with Crippen LogP contribution < -0.4 is 10.1 Å². The summed E-state index contributed by atoms with van der Waals surface area (Å²) in [6.45, 7) is 8.30. The van der Waals surface area contributed by atoms with E-state index in [1.54, 1.807) is 38.1 Å². The molecule has 1 aliphatic rings. The van der Waals surface area contributed by atoms with Gasteiger partial charge in [0.15, 0.2) is 0 Å². The number of hydrogen-bond donors (Lipinski definition) is 1. The Morgan fingerprint density at radius 2 is 1.55 bits per heavy atom. The Morgan fingerprint density at radius 1 is 0.931 bits per heavy atom. The number of carbonyl (C=O) groups excluding carboxylic acids is 2. The number of rotatable bonds is 7. The third kappa shape index (κ3) is 4.47. The highest BCUT2D eigenvalue weighted by Gasteiger charge is 2.40. The minimum absolute atomic E-state index is 0.186. The van der Waals surface area contributed by atoms with Crippen LogP contribution in [0.5, 0.6) is 5.75 Å². The molecule has 1 aliphatic heterocycles. The van der Waals surface area contributed by atoms with E-state index in [0.717, 1.165) is 0 Å². The van der Waals surface area contributed by atoms with E-state index < -0.39 is 5.91 Å². The van der Waals surface area contributed by atoms with Gasteiger partial charge >= 0.3 is 0 Å². The topological polar surface area (TPSA) is 58.6 Å². The molecule has 5 nitrogen and oxygen atoms in total. The van der Waals surface area contributed by atoms with E-state index in [1.165, 1.54) is 29.2 Å². The maximum absolute atomic E-state index is 13.2. The van der Waals surface area contributed by atoms with E-state index in [4.69, 9.17) is 4.74 Å². The Balaban J connectivity index is 1.97. The molecule has 0 fully saturated rings. The van der Waals surface area contributed by atoms with Gasteiger partial charge in [0, 0.05) is 11.7 Å². The van der Waals surface area contributed by atoms with Gasteiger partial charge in [-0.2, -0.15) is 0 Å². The standard InChI is InChI=1S/C23H25FN2O3/c1-14(2)13-29-19-11-5-16(6-12-19)20-21(23(28)26(15(3)4)22(20)27)25-18-9-7-17(24)8-10-18/h5-12,14-15,25H,13H2,1-4H3. The fourth-order valence-corrected chi connectivity index (χ4v) is 3.06. The third-order valence-corrected chi connectivity index (χ3v) is 4.47. The van der Waals surface area contributed by atoms with Crippen LogP contribution in [0.1, 0.15) is 33.3 Å². The Kier molecular flexibility index (Phi) is 6.01.